The van der Waals surface area contributed by atoms with Crippen molar-refractivity contribution >= 4 is 17.9 Å². The number of unbranched alkanes of at least 4 members (excludes halogenated alkanes) is 23. The van der Waals surface area contributed by atoms with E-state index in [0.717, 1.165) is 57.8 Å². The van der Waals surface area contributed by atoms with Crippen molar-refractivity contribution in [3.05, 3.63) is 36.5 Å². The van der Waals surface area contributed by atoms with E-state index in [1.807, 2.05) is 0 Å². The Labute approximate surface area is 351 Å². The fourth-order valence-corrected chi connectivity index (χ4v) is 6.82. The van der Waals surface area contributed by atoms with Gasteiger partial charge in [-0.2, -0.15) is 0 Å². The smallest absolute Gasteiger partial charge is 0.306 e. The first-order valence-electron chi connectivity index (χ1n) is 23.5. The van der Waals surface area contributed by atoms with Gasteiger partial charge in [0.2, 0.25) is 0 Å². The van der Waals surface area contributed by atoms with Crippen LogP contribution in [0.25, 0.3) is 0 Å². The van der Waals surface area contributed by atoms with Gasteiger partial charge in [-0.15, -0.1) is 0 Å². The Bertz CT molecular complexity index is 1030. The largest absolute Gasteiger partial charge is 0.544 e. The van der Waals surface area contributed by atoms with Gasteiger partial charge in [-0.25, -0.2) is 0 Å². The molecule has 0 N–H and O–H groups in total. The second kappa shape index (κ2) is 40.3. The number of rotatable bonds is 42. The molecule has 0 saturated heterocycles. The van der Waals surface area contributed by atoms with Crippen LogP contribution in [-0.2, 0) is 28.6 Å². The molecule has 8 nitrogen and oxygen atoms in total. The van der Waals surface area contributed by atoms with Crippen LogP contribution < -0.4 is 5.11 Å². The topological polar surface area (TPSA) is 102 Å². The van der Waals surface area contributed by atoms with Crippen molar-refractivity contribution in [1.29, 1.82) is 0 Å². The van der Waals surface area contributed by atoms with E-state index in [9.17, 15) is 19.5 Å². The summed E-state index contributed by atoms with van der Waals surface area (Å²) in [5, 5.41) is 11.6. The standard InChI is InChI=1S/C49H89NO7/c1-6-8-10-12-14-16-18-20-22-23-24-26-28-30-32-34-36-38-40-48(52)57-45(43-55-42-41-46(49(53)54)50(3,4)5)44-56-47(51)39-37-35-33-31-29-27-25-21-19-17-15-13-11-9-7-2/h17,19,22-24,26,45-46H,6-16,18,20-21,25,27-44H2,1-5H3/b19-17+,23-22+,26-24+. The molecule has 0 aliphatic carbocycles. The fourth-order valence-electron chi connectivity index (χ4n) is 6.82. The zero-order valence-corrected chi connectivity index (χ0v) is 37.8. The molecule has 8 heteroatoms. The molecule has 0 spiro atoms. The molecule has 2 atom stereocenters. The molecule has 0 aromatic heterocycles. The first kappa shape index (κ1) is 54.6. The van der Waals surface area contributed by atoms with Crippen LogP contribution >= 0.6 is 0 Å². The molecular formula is C49H89NO7. The van der Waals surface area contributed by atoms with Crippen molar-refractivity contribution < 1.29 is 38.2 Å². The molecule has 0 aromatic carbocycles. The minimum atomic E-state index is -1.13. The number of carboxylic acid groups (broad SMARTS) is 1. The third-order valence-electron chi connectivity index (χ3n) is 10.5. The van der Waals surface area contributed by atoms with E-state index >= 15 is 0 Å². The molecule has 0 aromatic rings. The molecule has 0 bridgehead atoms. The Hall–Kier alpha value is -2.45. The lowest BCUT2D eigenvalue weighted by Crippen LogP contribution is -2.55. The minimum absolute atomic E-state index is 0.0342. The Balaban J connectivity index is 4.34. The van der Waals surface area contributed by atoms with Crippen molar-refractivity contribution in [2.75, 3.05) is 41.0 Å². The van der Waals surface area contributed by atoms with Gasteiger partial charge in [0, 0.05) is 19.3 Å². The molecule has 0 amide bonds. The number of nitrogens with zero attached hydrogens (tertiary/aromatic N) is 1. The number of allylic oxidation sites excluding steroid dienone is 6. The van der Waals surface area contributed by atoms with Crippen molar-refractivity contribution in [2.24, 2.45) is 0 Å². The number of hydrogen-bond acceptors (Lipinski definition) is 7. The summed E-state index contributed by atoms with van der Waals surface area (Å²) < 4.78 is 17.2. The number of quaternary nitrogens is 1. The average molecular weight is 804 g/mol. The maximum absolute atomic E-state index is 12.7. The summed E-state index contributed by atoms with van der Waals surface area (Å²) in [6, 6.07) is -0.728. The number of carboxylic acids is 1. The Morgan fingerprint density at radius 1 is 0.526 bits per heavy atom. The normalized spacial score (nSPS) is 13.2. The van der Waals surface area contributed by atoms with E-state index in [4.69, 9.17) is 14.2 Å². The molecule has 2 unspecified atom stereocenters. The lowest BCUT2D eigenvalue weighted by molar-refractivity contribution is -0.889. The molecule has 332 valence electrons. The number of carbonyl (C=O) groups excluding carboxylic acids is 3. The monoisotopic (exact) mass is 804 g/mol. The number of aliphatic carboxylic acids is 1. The van der Waals surface area contributed by atoms with E-state index in [1.54, 1.807) is 21.1 Å². The Kier molecular flexibility index (Phi) is 38.6. The number of likely N-dealkylation sites (N-methyl/N-ethyl adjacent to an activating group) is 1. The summed E-state index contributed by atoms with van der Waals surface area (Å²) in [6.45, 7) is 4.63. The zero-order chi connectivity index (χ0) is 42.1. The lowest BCUT2D eigenvalue weighted by Gasteiger charge is -2.34. The molecule has 0 aliphatic rings. The third-order valence-corrected chi connectivity index (χ3v) is 10.5. The predicted molar refractivity (Wildman–Crippen MR) is 236 cm³/mol. The van der Waals surface area contributed by atoms with Gasteiger partial charge in [0.1, 0.15) is 12.6 Å². The Morgan fingerprint density at radius 3 is 1.39 bits per heavy atom. The quantitative estimate of drug-likeness (QED) is 0.0199. The second-order valence-electron chi connectivity index (χ2n) is 17.0. The van der Waals surface area contributed by atoms with E-state index in [1.165, 1.54) is 116 Å². The molecule has 0 saturated carbocycles. The zero-order valence-electron chi connectivity index (χ0n) is 37.8. The van der Waals surface area contributed by atoms with Gasteiger partial charge < -0.3 is 28.6 Å². The lowest BCUT2D eigenvalue weighted by atomic mass is 10.1. The second-order valence-corrected chi connectivity index (χ2v) is 17.0. The van der Waals surface area contributed by atoms with Crippen LogP contribution in [0.4, 0.5) is 0 Å². The molecule has 0 heterocycles. The first-order chi connectivity index (χ1) is 27.6. The maximum atomic E-state index is 12.7. The molecular weight excluding hydrogens is 715 g/mol. The van der Waals surface area contributed by atoms with Gasteiger partial charge >= 0.3 is 11.9 Å². The number of hydrogen-bond donors (Lipinski definition) is 0. The highest BCUT2D eigenvalue weighted by Crippen LogP contribution is 2.14. The Morgan fingerprint density at radius 2 is 0.930 bits per heavy atom. The molecule has 0 fully saturated rings. The predicted octanol–water partition coefficient (Wildman–Crippen LogP) is 11.7. The summed E-state index contributed by atoms with van der Waals surface area (Å²) >= 11 is 0. The van der Waals surface area contributed by atoms with Crippen molar-refractivity contribution in [2.45, 2.75) is 219 Å². The van der Waals surface area contributed by atoms with E-state index < -0.39 is 18.1 Å². The van der Waals surface area contributed by atoms with Gasteiger partial charge in [0.15, 0.2) is 6.10 Å². The highest BCUT2D eigenvalue weighted by molar-refractivity contribution is 5.70. The summed E-state index contributed by atoms with van der Waals surface area (Å²) in [5.41, 5.74) is 0. The number of ether oxygens (including phenoxy) is 3. The summed E-state index contributed by atoms with van der Waals surface area (Å²) in [7, 11) is 5.40. The van der Waals surface area contributed by atoms with E-state index in [0.29, 0.717) is 12.8 Å². The first-order valence-corrected chi connectivity index (χ1v) is 23.5. The van der Waals surface area contributed by atoms with Crippen LogP contribution in [0.2, 0.25) is 0 Å². The van der Waals surface area contributed by atoms with Crippen molar-refractivity contribution in [3.8, 4) is 0 Å². The summed E-state index contributed by atoms with van der Waals surface area (Å²) in [5.74, 6) is -1.76. The minimum Gasteiger partial charge on any atom is -0.544 e. The SMILES string of the molecule is CCCCCC/C=C/CCCCCCCCCC(=O)OCC(COCCC(C(=O)[O-])[N+](C)(C)C)OC(=O)CCCCCCC/C=C/C=C/CCCCCCCCC. The highest BCUT2D eigenvalue weighted by Gasteiger charge is 2.25. The van der Waals surface area contributed by atoms with Gasteiger partial charge in [-0.1, -0.05) is 159 Å². The number of carbonyl (C=O) groups is 3. The van der Waals surface area contributed by atoms with Gasteiger partial charge in [0.25, 0.3) is 0 Å². The molecule has 0 radical (unpaired) electrons. The van der Waals surface area contributed by atoms with E-state index in [-0.39, 0.29) is 42.7 Å². The third kappa shape index (κ3) is 38.8. The van der Waals surface area contributed by atoms with Crippen LogP contribution in [0.1, 0.15) is 206 Å². The van der Waals surface area contributed by atoms with E-state index in [2.05, 4.69) is 50.3 Å². The maximum Gasteiger partial charge on any atom is 0.306 e. The molecule has 0 rings (SSSR count). The highest BCUT2D eigenvalue weighted by atomic mass is 16.6. The van der Waals surface area contributed by atoms with Crippen molar-refractivity contribution in [3.63, 3.8) is 0 Å². The van der Waals surface area contributed by atoms with Gasteiger partial charge in [-0.05, 0) is 64.2 Å². The number of esters is 2. The van der Waals surface area contributed by atoms with Gasteiger partial charge in [0.05, 0.1) is 40.3 Å². The molecule has 0 aliphatic heterocycles. The van der Waals surface area contributed by atoms with Crippen LogP contribution in [0.5, 0.6) is 0 Å². The van der Waals surface area contributed by atoms with Crippen molar-refractivity contribution in [1.82, 2.24) is 0 Å². The summed E-state index contributed by atoms with van der Waals surface area (Å²) in [6.07, 6.45) is 45.9. The van der Waals surface area contributed by atoms with Crippen LogP contribution in [0.15, 0.2) is 36.5 Å². The fraction of sp³-hybridized carbons (Fsp3) is 0.816. The average Bonchev–Trinajstić information content (AvgIpc) is 3.17. The summed E-state index contributed by atoms with van der Waals surface area (Å²) in [4.78, 5) is 36.9. The van der Waals surface area contributed by atoms with Crippen LogP contribution in [0, 0.1) is 0 Å². The van der Waals surface area contributed by atoms with Gasteiger partial charge in [-0.3, -0.25) is 9.59 Å². The molecule has 57 heavy (non-hydrogen) atoms. The van der Waals surface area contributed by atoms with Crippen LogP contribution in [0.3, 0.4) is 0 Å². The van der Waals surface area contributed by atoms with Crippen LogP contribution in [-0.4, -0.2) is 75.5 Å².